The first-order valence-electron chi connectivity index (χ1n) is 6.56. The van der Waals surface area contributed by atoms with Crippen molar-refractivity contribution in [2.75, 3.05) is 6.61 Å². The molecule has 0 saturated carbocycles. The molecule has 19 heavy (non-hydrogen) atoms. The molecular formula is C15H17N3O. The summed E-state index contributed by atoms with van der Waals surface area (Å²) in [6, 6.07) is 10.3. The van der Waals surface area contributed by atoms with Crippen LogP contribution in [0.1, 0.15) is 6.92 Å². The second kappa shape index (κ2) is 5.18. The Kier molecular flexibility index (Phi) is 3.23. The first-order chi connectivity index (χ1) is 9.36. The van der Waals surface area contributed by atoms with E-state index in [-0.39, 0.29) is 0 Å². The Balaban J connectivity index is 1.80. The maximum atomic E-state index is 5.52. The predicted molar refractivity (Wildman–Crippen MR) is 75.3 cm³/mol. The Morgan fingerprint density at radius 3 is 2.89 bits per heavy atom. The molecule has 0 unspecified atom stereocenters. The monoisotopic (exact) mass is 255 g/mol. The number of ether oxygens (including phenoxy) is 1. The van der Waals surface area contributed by atoms with Gasteiger partial charge in [-0.25, -0.2) is 0 Å². The molecule has 0 radical (unpaired) electrons. The quantitative estimate of drug-likeness (QED) is 0.702. The van der Waals surface area contributed by atoms with E-state index in [9.17, 15) is 0 Å². The van der Waals surface area contributed by atoms with Crippen LogP contribution in [-0.4, -0.2) is 21.0 Å². The zero-order valence-electron chi connectivity index (χ0n) is 11.0. The van der Waals surface area contributed by atoms with Crippen molar-refractivity contribution >= 4 is 10.9 Å². The van der Waals surface area contributed by atoms with Gasteiger partial charge in [-0.3, -0.25) is 4.68 Å². The number of hydrogen-bond donors (Lipinski definition) is 0. The van der Waals surface area contributed by atoms with E-state index in [1.165, 1.54) is 10.9 Å². The van der Waals surface area contributed by atoms with Gasteiger partial charge in [0.1, 0.15) is 5.75 Å². The van der Waals surface area contributed by atoms with Gasteiger partial charge in [0.2, 0.25) is 0 Å². The summed E-state index contributed by atoms with van der Waals surface area (Å²) in [6.07, 6.45) is 5.91. The van der Waals surface area contributed by atoms with Crippen molar-refractivity contribution in [3.63, 3.8) is 0 Å². The van der Waals surface area contributed by atoms with Crippen LogP contribution >= 0.6 is 0 Å². The van der Waals surface area contributed by atoms with Crippen LogP contribution in [0.4, 0.5) is 0 Å². The van der Waals surface area contributed by atoms with E-state index in [0.29, 0.717) is 6.61 Å². The highest BCUT2D eigenvalue weighted by atomic mass is 16.5. The van der Waals surface area contributed by atoms with Crippen molar-refractivity contribution < 1.29 is 4.74 Å². The molecule has 0 aliphatic heterocycles. The fourth-order valence-corrected chi connectivity index (χ4v) is 2.27. The Bertz CT molecular complexity index is 655. The second-order valence-corrected chi connectivity index (χ2v) is 4.43. The number of benzene rings is 1. The lowest BCUT2D eigenvalue weighted by Crippen LogP contribution is -2.06. The molecule has 0 N–H and O–H groups in total. The zero-order valence-corrected chi connectivity index (χ0v) is 11.0. The summed E-state index contributed by atoms with van der Waals surface area (Å²) in [7, 11) is 0. The van der Waals surface area contributed by atoms with Crippen LogP contribution < -0.4 is 4.74 Å². The first kappa shape index (κ1) is 11.8. The van der Waals surface area contributed by atoms with Gasteiger partial charge in [0.15, 0.2) is 0 Å². The molecule has 0 saturated heterocycles. The van der Waals surface area contributed by atoms with Crippen molar-refractivity contribution in [1.29, 1.82) is 0 Å². The van der Waals surface area contributed by atoms with Crippen LogP contribution in [-0.2, 0) is 13.1 Å². The Morgan fingerprint density at radius 1 is 1.16 bits per heavy atom. The van der Waals surface area contributed by atoms with Gasteiger partial charge < -0.3 is 9.30 Å². The molecule has 0 atom stereocenters. The minimum Gasteiger partial charge on any atom is -0.494 e. The molecule has 0 spiro atoms. The molecule has 0 aliphatic carbocycles. The maximum absolute atomic E-state index is 5.52. The highest BCUT2D eigenvalue weighted by molar-refractivity contribution is 5.81. The van der Waals surface area contributed by atoms with E-state index in [1.807, 2.05) is 36.1 Å². The van der Waals surface area contributed by atoms with Gasteiger partial charge in [0, 0.05) is 36.0 Å². The van der Waals surface area contributed by atoms with Crippen molar-refractivity contribution in [2.45, 2.75) is 20.0 Å². The second-order valence-electron chi connectivity index (χ2n) is 4.43. The van der Waals surface area contributed by atoms with Crippen molar-refractivity contribution in [2.24, 2.45) is 0 Å². The van der Waals surface area contributed by atoms with Crippen LogP contribution in [0.25, 0.3) is 10.9 Å². The van der Waals surface area contributed by atoms with Crippen molar-refractivity contribution in [3.05, 3.63) is 48.9 Å². The van der Waals surface area contributed by atoms with Crippen molar-refractivity contribution in [1.82, 2.24) is 14.3 Å². The molecule has 2 aromatic heterocycles. The number of hydrogen-bond acceptors (Lipinski definition) is 2. The van der Waals surface area contributed by atoms with E-state index in [1.54, 1.807) is 0 Å². The number of nitrogens with zero attached hydrogens (tertiary/aromatic N) is 3. The average Bonchev–Trinajstić information content (AvgIpc) is 3.05. The van der Waals surface area contributed by atoms with Gasteiger partial charge >= 0.3 is 0 Å². The van der Waals surface area contributed by atoms with E-state index in [4.69, 9.17) is 4.74 Å². The standard InChI is InChI=1S/C15H17N3O/c1-2-19-14-4-5-15-13(12-14)6-9-17(15)10-11-18-8-3-7-16-18/h3-9,12H,2,10-11H2,1H3. The van der Waals surface area contributed by atoms with Gasteiger partial charge in [-0.15, -0.1) is 0 Å². The van der Waals surface area contributed by atoms with Gasteiger partial charge in [-0.2, -0.15) is 5.10 Å². The van der Waals surface area contributed by atoms with Gasteiger partial charge in [-0.1, -0.05) is 0 Å². The number of aromatic nitrogens is 3. The molecule has 0 aliphatic rings. The highest BCUT2D eigenvalue weighted by Gasteiger charge is 2.03. The lowest BCUT2D eigenvalue weighted by atomic mass is 10.2. The summed E-state index contributed by atoms with van der Waals surface area (Å²) >= 11 is 0. The summed E-state index contributed by atoms with van der Waals surface area (Å²) in [5.74, 6) is 0.930. The van der Waals surface area contributed by atoms with Crippen LogP contribution in [0, 0.1) is 0 Å². The lowest BCUT2D eigenvalue weighted by molar-refractivity contribution is 0.340. The largest absolute Gasteiger partial charge is 0.494 e. The molecule has 0 fully saturated rings. The summed E-state index contributed by atoms with van der Waals surface area (Å²) in [4.78, 5) is 0. The summed E-state index contributed by atoms with van der Waals surface area (Å²) in [6.45, 7) is 4.49. The Hall–Kier alpha value is -2.23. The minimum absolute atomic E-state index is 0.700. The third-order valence-electron chi connectivity index (χ3n) is 3.18. The van der Waals surface area contributed by atoms with Gasteiger partial charge in [-0.05, 0) is 37.3 Å². The van der Waals surface area contributed by atoms with Gasteiger partial charge in [0.25, 0.3) is 0 Å². The van der Waals surface area contributed by atoms with Crippen LogP contribution in [0.5, 0.6) is 5.75 Å². The Labute approximate surface area is 112 Å². The Morgan fingerprint density at radius 2 is 2.11 bits per heavy atom. The molecule has 4 heteroatoms. The summed E-state index contributed by atoms with van der Waals surface area (Å²) < 4.78 is 9.71. The van der Waals surface area contributed by atoms with E-state index in [0.717, 1.165) is 18.8 Å². The molecule has 1 aromatic carbocycles. The summed E-state index contributed by atoms with van der Waals surface area (Å²) in [5.41, 5.74) is 1.23. The molecule has 98 valence electrons. The molecule has 3 rings (SSSR count). The minimum atomic E-state index is 0.700. The zero-order chi connectivity index (χ0) is 13.1. The number of fused-ring (bicyclic) bond motifs is 1. The van der Waals surface area contributed by atoms with Crippen molar-refractivity contribution in [3.8, 4) is 5.75 Å². The maximum Gasteiger partial charge on any atom is 0.120 e. The molecule has 3 aromatic rings. The fraction of sp³-hybridized carbons (Fsp3) is 0.267. The van der Waals surface area contributed by atoms with Crippen LogP contribution in [0.3, 0.4) is 0 Å². The predicted octanol–water partition coefficient (Wildman–Crippen LogP) is 2.94. The number of rotatable bonds is 5. The smallest absolute Gasteiger partial charge is 0.120 e. The SMILES string of the molecule is CCOc1ccc2c(ccn2CCn2cccn2)c1. The van der Waals surface area contributed by atoms with E-state index >= 15 is 0 Å². The summed E-state index contributed by atoms with van der Waals surface area (Å²) in [5, 5.41) is 5.43. The fourth-order valence-electron chi connectivity index (χ4n) is 2.27. The van der Waals surface area contributed by atoms with E-state index < -0.39 is 0 Å². The van der Waals surface area contributed by atoms with Crippen LogP contribution in [0.2, 0.25) is 0 Å². The topological polar surface area (TPSA) is 32.0 Å². The molecule has 0 bridgehead atoms. The molecule has 4 nitrogen and oxygen atoms in total. The average molecular weight is 255 g/mol. The van der Waals surface area contributed by atoms with Crippen LogP contribution in [0.15, 0.2) is 48.9 Å². The van der Waals surface area contributed by atoms with E-state index in [2.05, 4.69) is 34.1 Å². The normalized spacial score (nSPS) is 11.0. The third-order valence-corrected chi connectivity index (χ3v) is 3.18. The molecular weight excluding hydrogens is 238 g/mol. The first-order valence-corrected chi connectivity index (χ1v) is 6.56. The third kappa shape index (κ3) is 2.47. The van der Waals surface area contributed by atoms with Gasteiger partial charge in [0.05, 0.1) is 13.2 Å². The molecule has 2 heterocycles. The highest BCUT2D eigenvalue weighted by Crippen LogP contribution is 2.22. The number of aryl methyl sites for hydroxylation is 2. The lowest BCUT2D eigenvalue weighted by Gasteiger charge is -2.07. The molecule has 0 amide bonds.